The highest BCUT2D eigenvalue weighted by Crippen LogP contribution is 2.22. The summed E-state index contributed by atoms with van der Waals surface area (Å²) < 4.78 is 2.37. The molecule has 0 radical (unpaired) electrons. The number of carbonyl (C=O) groups excluding carboxylic acids is 1. The lowest BCUT2D eigenvalue weighted by Crippen LogP contribution is -2.31. The van der Waals surface area contributed by atoms with E-state index in [-0.39, 0.29) is 11.7 Å². The molecule has 4 aromatic rings. The number of benzene rings is 3. The zero-order chi connectivity index (χ0) is 34.3. The molecule has 48 heavy (non-hydrogen) atoms. The molecule has 258 valence electrons. The molecule has 0 aliphatic heterocycles. The number of amides is 1. The van der Waals surface area contributed by atoms with Gasteiger partial charge in [-0.2, -0.15) is 0 Å². The number of aryl methyl sites for hydroxylation is 3. The van der Waals surface area contributed by atoms with Gasteiger partial charge in [0.15, 0.2) is 0 Å². The van der Waals surface area contributed by atoms with Crippen molar-refractivity contribution in [1.82, 2.24) is 19.4 Å². The number of nitrogens with two attached hydrogens (primary N) is 2. The molecule has 0 bridgehead atoms. The summed E-state index contributed by atoms with van der Waals surface area (Å²) in [5, 5.41) is 7.71. The van der Waals surface area contributed by atoms with Gasteiger partial charge in [-0.15, -0.1) is 0 Å². The van der Waals surface area contributed by atoms with Crippen molar-refractivity contribution in [3.63, 3.8) is 0 Å². The van der Waals surface area contributed by atoms with Crippen LogP contribution in [0.2, 0.25) is 0 Å². The van der Waals surface area contributed by atoms with Crippen molar-refractivity contribution in [3.05, 3.63) is 100 Å². The van der Waals surface area contributed by atoms with Gasteiger partial charge >= 0.3 is 0 Å². The quantitative estimate of drug-likeness (QED) is 0.0646. The predicted molar refractivity (Wildman–Crippen MR) is 199 cm³/mol. The standard InChI is InChI=1S/C40H57N7O/c1-4-7-23-45(24-8-5-2)25-10-27-47-37-21-20-35(40(48)46(26-9-6-3)30-33-13-11-32(29-41)12-14-33)28-36(37)44-38(47)22-17-31-15-18-34(19-16-31)39(42)43/h11-16,18-21,28H,4-10,17,22-27,29-30,41H2,1-3H3,(H3,42,43). The molecule has 8 heteroatoms. The molecule has 0 aliphatic rings. The number of imidazole rings is 1. The third kappa shape index (κ3) is 10.5. The third-order valence-corrected chi connectivity index (χ3v) is 9.19. The van der Waals surface area contributed by atoms with Gasteiger partial charge in [-0.25, -0.2) is 4.98 Å². The van der Waals surface area contributed by atoms with E-state index < -0.39 is 0 Å². The van der Waals surface area contributed by atoms with Crippen LogP contribution in [0.25, 0.3) is 11.0 Å². The highest BCUT2D eigenvalue weighted by molar-refractivity contribution is 5.97. The Morgan fingerprint density at radius 1 is 0.750 bits per heavy atom. The fourth-order valence-corrected chi connectivity index (χ4v) is 6.20. The first-order chi connectivity index (χ1) is 23.4. The second kappa shape index (κ2) is 19.1. The van der Waals surface area contributed by atoms with Crippen molar-refractivity contribution in [2.45, 2.75) is 98.2 Å². The number of carbonyl (C=O) groups is 1. The molecule has 0 atom stereocenters. The molecule has 1 aromatic heterocycles. The Hall–Kier alpha value is -4.01. The first kappa shape index (κ1) is 36.8. The van der Waals surface area contributed by atoms with Crippen LogP contribution in [0.15, 0.2) is 66.7 Å². The lowest BCUT2D eigenvalue weighted by atomic mass is 10.1. The summed E-state index contributed by atoms with van der Waals surface area (Å²) in [5.74, 6) is 1.16. The first-order valence-electron chi connectivity index (χ1n) is 18.1. The minimum absolute atomic E-state index is 0.0393. The number of hydrogen-bond donors (Lipinski definition) is 3. The maximum absolute atomic E-state index is 14.0. The van der Waals surface area contributed by atoms with Gasteiger partial charge in [-0.1, -0.05) is 88.6 Å². The zero-order valence-corrected chi connectivity index (χ0v) is 29.5. The monoisotopic (exact) mass is 651 g/mol. The predicted octanol–water partition coefficient (Wildman–Crippen LogP) is 7.30. The maximum atomic E-state index is 14.0. The molecule has 0 saturated carbocycles. The van der Waals surface area contributed by atoms with Crippen LogP contribution in [0.5, 0.6) is 0 Å². The van der Waals surface area contributed by atoms with E-state index in [1.165, 1.54) is 31.2 Å². The molecule has 0 unspecified atom stereocenters. The fourth-order valence-electron chi connectivity index (χ4n) is 6.20. The molecule has 1 amide bonds. The molecule has 0 aliphatic carbocycles. The Labute approximate surface area is 288 Å². The van der Waals surface area contributed by atoms with Crippen molar-refractivity contribution in [2.24, 2.45) is 11.5 Å². The number of aromatic nitrogens is 2. The van der Waals surface area contributed by atoms with E-state index >= 15 is 0 Å². The number of amidine groups is 1. The molecule has 0 spiro atoms. The SMILES string of the molecule is CCCCN(CCCC)CCCn1c(CCc2ccc(C(=N)N)cc2)nc2cc(C(=O)N(CCCC)Cc3ccc(CN)cc3)ccc21. The van der Waals surface area contributed by atoms with Gasteiger partial charge in [0.1, 0.15) is 11.7 Å². The Balaban J connectivity index is 1.58. The van der Waals surface area contributed by atoms with E-state index in [1.54, 1.807) is 0 Å². The van der Waals surface area contributed by atoms with Crippen molar-refractivity contribution < 1.29 is 4.79 Å². The Morgan fingerprint density at radius 3 is 1.96 bits per heavy atom. The Bertz CT molecular complexity index is 1570. The van der Waals surface area contributed by atoms with Gasteiger partial charge in [-0.3, -0.25) is 10.2 Å². The third-order valence-electron chi connectivity index (χ3n) is 9.19. The second-order valence-corrected chi connectivity index (χ2v) is 13.0. The molecule has 3 aromatic carbocycles. The van der Waals surface area contributed by atoms with Crippen molar-refractivity contribution >= 4 is 22.8 Å². The summed E-state index contributed by atoms with van der Waals surface area (Å²) in [6.07, 6.45) is 9.53. The number of nitrogen functional groups attached to an aromatic ring is 1. The summed E-state index contributed by atoms with van der Waals surface area (Å²) in [6, 6.07) is 22.2. The van der Waals surface area contributed by atoms with E-state index in [2.05, 4.69) is 48.4 Å². The Kier molecular flexibility index (Phi) is 14.7. The average molecular weight is 652 g/mol. The van der Waals surface area contributed by atoms with Crippen LogP contribution in [0, 0.1) is 5.41 Å². The molecule has 0 saturated heterocycles. The molecule has 5 N–H and O–H groups in total. The minimum atomic E-state index is 0.0393. The molecule has 4 rings (SSSR count). The van der Waals surface area contributed by atoms with Gasteiger partial charge in [0, 0.05) is 43.7 Å². The summed E-state index contributed by atoms with van der Waals surface area (Å²) in [5.41, 5.74) is 18.2. The molecular formula is C40H57N7O. The second-order valence-electron chi connectivity index (χ2n) is 13.0. The van der Waals surface area contributed by atoms with Crippen LogP contribution < -0.4 is 11.5 Å². The summed E-state index contributed by atoms with van der Waals surface area (Å²) in [7, 11) is 0. The van der Waals surface area contributed by atoms with E-state index in [1.807, 2.05) is 53.4 Å². The van der Waals surface area contributed by atoms with Crippen molar-refractivity contribution in [1.29, 1.82) is 5.41 Å². The van der Waals surface area contributed by atoms with Crippen LogP contribution in [0.1, 0.15) is 104 Å². The van der Waals surface area contributed by atoms with Gasteiger partial charge in [0.05, 0.1) is 11.0 Å². The maximum Gasteiger partial charge on any atom is 0.254 e. The Morgan fingerprint density at radius 2 is 1.33 bits per heavy atom. The van der Waals surface area contributed by atoms with Crippen LogP contribution in [-0.4, -0.2) is 57.3 Å². The zero-order valence-electron chi connectivity index (χ0n) is 29.5. The van der Waals surface area contributed by atoms with E-state index in [0.717, 1.165) is 91.8 Å². The summed E-state index contributed by atoms with van der Waals surface area (Å²) in [4.78, 5) is 23.7. The summed E-state index contributed by atoms with van der Waals surface area (Å²) in [6.45, 7) is 12.7. The van der Waals surface area contributed by atoms with Crippen LogP contribution in [0.3, 0.4) is 0 Å². The largest absolute Gasteiger partial charge is 0.384 e. The van der Waals surface area contributed by atoms with Crippen LogP contribution in [0.4, 0.5) is 0 Å². The number of fused-ring (bicyclic) bond motifs is 1. The average Bonchev–Trinajstić information content (AvgIpc) is 3.46. The number of nitrogens with zero attached hydrogens (tertiary/aromatic N) is 4. The van der Waals surface area contributed by atoms with Gasteiger partial charge < -0.3 is 25.8 Å². The fraction of sp³-hybridized carbons (Fsp3) is 0.475. The van der Waals surface area contributed by atoms with Crippen LogP contribution in [-0.2, 0) is 32.5 Å². The smallest absolute Gasteiger partial charge is 0.254 e. The normalized spacial score (nSPS) is 11.4. The van der Waals surface area contributed by atoms with Crippen LogP contribution >= 0.6 is 0 Å². The van der Waals surface area contributed by atoms with Gasteiger partial charge in [-0.05, 0) is 86.6 Å². The lowest BCUT2D eigenvalue weighted by Gasteiger charge is -2.23. The number of unbranched alkanes of at least 4 members (excludes halogenated alkanes) is 3. The number of nitrogens with one attached hydrogen (secondary N) is 1. The first-order valence-corrected chi connectivity index (χ1v) is 18.1. The summed E-state index contributed by atoms with van der Waals surface area (Å²) >= 11 is 0. The minimum Gasteiger partial charge on any atom is -0.384 e. The number of hydrogen-bond acceptors (Lipinski definition) is 5. The van der Waals surface area contributed by atoms with E-state index in [4.69, 9.17) is 21.9 Å². The van der Waals surface area contributed by atoms with Gasteiger partial charge in [0.25, 0.3) is 5.91 Å². The molecule has 8 nitrogen and oxygen atoms in total. The van der Waals surface area contributed by atoms with Crippen molar-refractivity contribution in [3.8, 4) is 0 Å². The lowest BCUT2D eigenvalue weighted by molar-refractivity contribution is 0.0741. The van der Waals surface area contributed by atoms with Gasteiger partial charge in [0.2, 0.25) is 0 Å². The molecule has 1 heterocycles. The molecule has 0 fully saturated rings. The highest BCUT2D eigenvalue weighted by Gasteiger charge is 2.19. The van der Waals surface area contributed by atoms with E-state index in [0.29, 0.717) is 25.2 Å². The van der Waals surface area contributed by atoms with Crippen molar-refractivity contribution in [2.75, 3.05) is 26.2 Å². The molecular weight excluding hydrogens is 594 g/mol. The topological polar surface area (TPSA) is 117 Å². The van der Waals surface area contributed by atoms with E-state index in [9.17, 15) is 4.79 Å². The number of rotatable bonds is 21. The highest BCUT2D eigenvalue weighted by atomic mass is 16.2.